The number of nitrogens with zero attached hydrogens (tertiary/aromatic N) is 4. The van der Waals surface area contributed by atoms with Crippen LogP contribution in [0.2, 0.25) is 10.0 Å². The third kappa shape index (κ3) is 13.7. The number of alkyl halides is 2. The molecule has 1 unspecified atom stereocenters. The van der Waals surface area contributed by atoms with Gasteiger partial charge < -0.3 is 48.0 Å². The van der Waals surface area contributed by atoms with E-state index in [4.69, 9.17) is 36.8 Å². The van der Waals surface area contributed by atoms with Gasteiger partial charge in [-0.1, -0.05) is 59.6 Å². The van der Waals surface area contributed by atoms with Crippen LogP contribution >= 0.6 is 38.4 Å². The van der Waals surface area contributed by atoms with Crippen molar-refractivity contribution >= 4 is 106 Å². The summed E-state index contributed by atoms with van der Waals surface area (Å²) in [5.74, 6) is -4.32. The Bertz CT molecular complexity index is 3460. The van der Waals surface area contributed by atoms with Gasteiger partial charge in [-0.3, -0.25) is 37.9 Å². The van der Waals surface area contributed by atoms with Gasteiger partial charge in [0, 0.05) is 71.4 Å². The molecule has 2 fully saturated rings. The van der Waals surface area contributed by atoms with E-state index in [0.29, 0.717) is 27.4 Å². The summed E-state index contributed by atoms with van der Waals surface area (Å²) in [6.45, 7) is 6.27. The summed E-state index contributed by atoms with van der Waals surface area (Å²) >= 11 is 11.6. The molecule has 2 saturated heterocycles. The van der Waals surface area contributed by atoms with Crippen LogP contribution in [0, 0.1) is 11.6 Å². The highest BCUT2D eigenvalue weighted by Crippen LogP contribution is 2.47. The summed E-state index contributed by atoms with van der Waals surface area (Å²) < 4.78 is 102. The number of halogens is 6. The quantitative estimate of drug-likeness (QED) is 0.0372. The predicted molar refractivity (Wildman–Crippen MR) is 292 cm³/mol. The van der Waals surface area contributed by atoms with Gasteiger partial charge in [0.2, 0.25) is 23.6 Å². The molecule has 18 nitrogen and oxygen atoms in total. The van der Waals surface area contributed by atoms with Gasteiger partial charge in [0.1, 0.15) is 49.2 Å². The van der Waals surface area contributed by atoms with Crippen LogP contribution < -0.4 is 21.2 Å². The van der Waals surface area contributed by atoms with E-state index in [1.165, 1.54) is 83.9 Å². The number of carbonyl (C=O) groups excluding carboxylic acids is 6. The molecule has 0 aliphatic carbocycles. The highest BCUT2D eigenvalue weighted by atomic mass is 35.5. The van der Waals surface area contributed by atoms with Gasteiger partial charge in [0.15, 0.2) is 11.6 Å². The van der Waals surface area contributed by atoms with Crippen molar-refractivity contribution in [1.82, 2.24) is 29.6 Å². The van der Waals surface area contributed by atoms with Crippen LogP contribution in [0.15, 0.2) is 85.2 Å². The lowest BCUT2D eigenvalue weighted by molar-refractivity contribution is -0.139. The first kappa shape index (κ1) is 61.4. The van der Waals surface area contributed by atoms with Crippen molar-refractivity contribution in [3.05, 3.63) is 129 Å². The maximum atomic E-state index is 14.5. The Balaban J connectivity index is 0.000000231. The van der Waals surface area contributed by atoms with E-state index >= 15 is 0 Å². The molecule has 2 aromatic heterocycles. The van der Waals surface area contributed by atoms with Gasteiger partial charge in [-0.05, 0) is 71.0 Å². The second-order valence-corrected chi connectivity index (χ2v) is 23.4. The Morgan fingerprint density at radius 3 is 1.43 bits per heavy atom. The number of likely N-dealkylation sites (tertiary alicyclic amines) is 2. The molecule has 0 bridgehead atoms. The monoisotopic (exact) mass is 1190 g/mol. The van der Waals surface area contributed by atoms with Gasteiger partial charge in [0.05, 0.1) is 64.6 Å². The largest absolute Gasteiger partial charge is 0.361 e. The van der Waals surface area contributed by atoms with Crippen molar-refractivity contribution in [2.75, 3.05) is 32.9 Å². The first-order valence-electron chi connectivity index (χ1n) is 25.3. The van der Waals surface area contributed by atoms with Crippen LogP contribution in [0.5, 0.6) is 0 Å². The van der Waals surface area contributed by atoms with Crippen LogP contribution in [0.1, 0.15) is 79.3 Å². The number of rotatable bonds is 20. The highest BCUT2D eigenvalue weighted by molar-refractivity contribution is 7.62. The maximum absolute atomic E-state index is 14.5. The zero-order valence-corrected chi connectivity index (χ0v) is 47.4. The number of hydrogen-bond acceptors (Lipinski definition) is 11. The van der Waals surface area contributed by atoms with E-state index in [1.807, 2.05) is 0 Å². The molecule has 0 radical (unpaired) electrons. The fourth-order valence-electron chi connectivity index (χ4n) is 9.57. The first-order chi connectivity index (χ1) is 37.9. The second kappa shape index (κ2) is 26.1. The van der Waals surface area contributed by atoms with Crippen molar-refractivity contribution in [3.8, 4) is 0 Å². The minimum Gasteiger partial charge on any atom is -0.350 e. The molecule has 4 aromatic carbocycles. The summed E-state index contributed by atoms with van der Waals surface area (Å²) in [7, 11) is -7.81. The third-order valence-corrected chi connectivity index (χ3v) is 17.6. The SMILES string of the molecule is CCOP(=O)(O)c1ccc2c(C(C)=O)cn(CC(=O)N3C[C@H](F)C[C@H]3C(=O)NCc3cccc(Cl)c3F)c2c1.CCOP(=O)(OCC)c1ccc2c(C(C)=O)cn(CC(=O)N3C[C@H](F)C[C@H]3C(=O)NCc3cccc(Cl)c3F)c2c1. The van der Waals surface area contributed by atoms with E-state index < -0.39 is 74.9 Å². The van der Waals surface area contributed by atoms with Crippen molar-refractivity contribution in [2.24, 2.45) is 0 Å². The van der Waals surface area contributed by atoms with Gasteiger partial charge in [-0.15, -0.1) is 0 Å². The Kier molecular flexibility index (Phi) is 20.1. The predicted octanol–water partition coefficient (Wildman–Crippen LogP) is 8.52. The normalized spacial score (nSPS) is 18.0. The van der Waals surface area contributed by atoms with E-state index in [2.05, 4.69) is 10.6 Å². The van der Waals surface area contributed by atoms with E-state index in [-0.39, 0.29) is 121 Å². The molecule has 0 spiro atoms. The summed E-state index contributed by atoms with van der Waals surface area (Å²) in [5, 5.41) is 6.13. The Morgan fingerprint density at radius 2 is 1.02 bits per heavy atom. The number of ketones is 2. The molecule has 26 heteroatoms. The molecular weight excluding hydrogens is 1130 g/mol. The standard InChI is InChI=1S/C28H31ClF2N3O6P.C26H27ClF2N3O6P/c1-4-39-41(38,40-5-2)20-9-10-21-22(17(3)35)15-33(24(21)12-20)16-26(36)34-14-19(30)11-25(34)28(37)32-13-18-7-6-8-23(29)27(18)31;1-3-38-39(36,37)18-7-8-19-20(15(2)33)13-31(22(19)10-18)14-24(34)32-12-17(28)9-23(32)26(35)30-11-16-5-4-6-21(27)25(16)29/h6-10,12,15,19,25H,4-5,11,13-14,16H2,1-3H3,(H,32,37);4-8,10,13,17,23H,3,9,11-12,14H2,1-2H3,(H,30,35)(H,36,37)/t19-,25+;17-,23+/m11/s1. The topological polar surface area (TPSA) is 225 Å². The van der Waals surface area contributed by atoms with Crippen LogP contribution in [-0.2, 0) is 68.1 Å². The molecule has 8 rings (SSSR count). The third-order valence-electron chi connectivity index (χ3n) is 13.4. The molecule has 2 aliphatic rings. The summed E-state index contributed by atoms with van der Waals surface area (Å²) in [6.07, 6.45) is -0.371. The first-order valence-corrected chi connectivity index (χ1v) is 29.2. The number of benzene rings is 4. The molecule has 4 amide bonds. The lowest BCUT2D eigenvalue weighted by atomic mass is 10.1. The van der Waals surface area contributed by atoms with Crippen LogP contribution in [0.3, 0.4) is 0 Å². The number of aromatic nitrogens is 2. The molecular formula is C54H58Cl2F4N6O12P2. The fourth-order valence-corrected chi connectivity index (χ4v) is 12.6. The average molecular weight is 1190 g/mol. The van der Waals surface area contributed by atoms with Gasteiger partial charge in [0.25, 0.3) is 0 Å². The fraction of sp³-hybridized carbons (Fsp3) is 0.370. The van der Waals surface area contributed by atoms with Crippen LogP contribution in [0.25, 0.3) is 21.8 Å². The van der Waals surface area contributed by atoms with Crippen LogP contribution in [0.4, 0.5) is 17.6 Å². The highest BCUT2D eigenvalue weighted by Gasteiger charge is 2.41. The Morgan fingerprint density at radius 1 is 0.625 bits per heavy atom. The van der Waals surface area contributed by atoms with E-state index in [9.17, 15) is 60.4 Å². The summed E-state index contributed by atoms with van der Waals surface area (Å²) in [5.41, 5.74) is 1.67. The lowest BCUT2D eigenvalue weighted by Gasteiger charge is -2.24. The number of Topliss-reactive ketones (excluding diaryl/α,β-unsaturated/α-hetero) is 2. The number of amides is 4. The molecule has 4 heterocycles. The van der Waals surface area contributed by atoms with Gasteiger partial charge in [-0.25, -0.2) is 17.6 Å². The zero-order valence-electron chi connectivity index (χ0n) is 44.1. The molecule has 5 atom stereocenters. The second-order valence-electron chi connectivity index (χ2n) is 18.8. The summed E-state index contributed by atoms with van der Waals surface area (Å²) in [6, 6.07) is 15.5. The number of carbonyl (C=O) groups is 6. The number of fused-ring (bicyclic) bond motifs is 2. The smallest absolute Gasteiger partial charge is 0.350 e. The van der Waals surface area contributed by atoms with Gasteiger partial charge in [-0.2, -0.15) is 0 Å². The van der Waals surface area contributed by atoms with Gasteiger partial charge >= 0.3 is 15.2 Å². The Hall–Kier alpha value is -6.22. The van der Waals surface area contributed by atoms with Crippen LogP contribution in [-0.4, -0.2) is 116 Å². The number of nitrogens with one attached hydrogen (secondary N) is 2. The number of hydrogen-bond donors (Lipinski definition) is 3. The average Bonchev–Trinajstić information content (AvgIpc) is 4.35. The molecule has 6 aromatic rings. The molecule has 0 saturated carbocycles. The van der Waals surface area contributed by atoms with Crippen molar-refractivity contribution in [2.45, 2.75) is 98.1 Å². The molecule has 2 aliphatic heterocycles. The maximum Gasteiger partial charge on any atom is 0.361 e. The minimum atomic E-state index is -4.14. The molecule has 80 heavy (non-hydrogen) atoms. The zero-order chi connectivity index (χ0) is 58.4. The van der Waals surface area contributed by atoms with E-state index in [1.54, 1.807) is 45.0 Å². The van der Waals surface area contributed by atoms with Crippen molar-refractivity contribution in [3.63, 3.8) is 0 Å². The van der Waals surface area contributed by atoms with E-state index in [0.717, 1.165) is 9.80 Å². The van der Waals surface area contributed by atoms with Crippen molar-refractivity contribution < 1.29 is 73.9 Å². The van der Waals surface area contributed by atoms with Crippen molar-refractivity contribution in [1.29, 1.82) is 0 Å². The lowest BCUT2D eigenvalue weighted by Crippen LogP contribution is -2.46. The molecule has 3 N–H and O–H groups in total. The summed E-state index contributed by atoms with van der Waals surface area (Å²) in [4.78, 5) is 89.8. The minimum absolute atomic E-state index is 0.00320. The molecule has 428 valence electrons. The Labute approximate surface area is 467 Å².